The molecule has 0 spiro atoms. The fourth-order valence-corrected chi connectivity index (χ4v) is 2.43. The quantitative estimate of drug-likeness (QED) is 0.615. The summed E-state index contributed by atoms with van der Waals surface area (Å²) in [5, 5.41) is 14.7. The molecule has 0 amide bonds. The summed E-state index contributed by atoms with van der Waals surface area (Å²) in [4.78, 5) is 10.2. The van der Waals surface area contributed by atoms with Gasteiger partial charge in [0, 0.05) is 0 Å². The summed E-state index contributed by atoms with van der Waals surface area (Å²) in [6.07, 6.45) is 5.75. The van der Waals surface area contributed by atoms with E-state index >= 15 is 0 Å². The molecule has 2 N–H and O–H groups in total. The Labute approximate surface area is 93.6 Å². The van der Waals surface area contributed by atoms with Crippen LogP contribution < -0.4 is 5.73 Å². The normalized spacial score (nSPS) is 25.6. The van der Waals surface area contributed by atoms with E-state index in [1.807, 2.05) is 0 Å². The SMILES string of the molecule is CC1CCCCC1n1ncc([N+](=O)[O-])c1N. The molecule has 1 aromatic rings. The number of rotatable bonds is 2. The van der Waals surface area contributed by atoms with E-state index < -0.39 is 4.92 Å². The van der Waals surface area contributed by atoms with E-state index in [9.17, 15) is 10.1 Å². The van der Waals surface area contributed by atoms with Crippen molar-refractivity contribution < 1.29 is 4.92 Å². The predicted octanol–water partition coefficient (Wildman–Crippen LogP) is 2.12. The topological polar surface area (TPSA) is 87.0 Å². The lowest BCUT2D eigenvalue weighted by Gasteiger charge is -2.29. The molecule has 0 aromatic carbocycles. The highest BCUT2D eigenvalue weighted by Gasteiger charge is 2.28. The number of nitro groups is 1. The fraction of sp³-hybridized carbons (Fsp3) is 0.700. The van der Waals surface area contributed by atoms with Crippen molar-refractivity contribution in [3.05, 3.63) is 16.3 Å². The first-order valence-electron chi connectivity index (χ1n) is 5.58. The van der Waals surface area contributed by atoms with Crippen LogP contribution in [-0.2, 0) is 0 Å². The molecular formula is C10H16N4O2. The van der Waals surface area contributed by atoms with Crippen molar-refractivity contribution in [2.45, 2.75) is 38.6 Å². The Morgan fingerprint density at radius 1 is 1.56 bits per heavy atom. The average Bonchev–Trinajstić information content (AvgIpc) is 2.61. The van der Waals surface area contributed by atoms with Crippen LogP contribution in [0.5, 0.6) is 0 Å². The minimum absolute atomic E-state index is 0.0854. The Hall–Kier alpha value is -1.59. The number of aromatic nitrogens is 2. The second-order valence-corrected chi connectivity index (χ2v) is 4.45. The number of anilines is 1. The maximum Gasteiger partial charge on any atom is 0.330 e. The Balaban J connectivity index is 2.29. The zero-order chi connectivity index (χ0) is 11.7. The Morgan fingerprint density at radius 2 is 2.25 bits per heavy atom. The molecule has 0 saturated heterocycles. The molecule has 0 bridgehead atoms. The fourth-order valence-electron chi connectivity index (χ4n) is 2.43. The average molecular weight is 224 g/mol. The molecule has 2 atom stereocenters. The summed E-state index contributed by atoms with van der Waals surface area (Å²) in [6, 6.07) is 0.211. The molecular weight excluding hydrogens is 208 g/mol. The van der Waals surface area contributed by atoms with Gasteiger partial charge in [-0.05, 0) is 18.8 Å². The molecule has 0 radical (unpaired) electrons. The van der Waals surface area contributed by atoms with Crippen LogP contribution >= 0.6 is 0 Å². The minimum atomic E-state index is -0.480. The largest absolute Gasteiger partial charge is 0.378 e. The molecule has 2 unspecified atom stereocenters. The Kier molecular flexibility index (Phi) is 2.80. The number of nitrogens with two attached hydrogens (primary N) is 1. The summed E-state index contributed by atoms with van der Waals surface area (Å²) in [5.41, 5.74) is 5.67. The third kappa shape index (κ3) is 1.75. The molecule has 1 fully saturated rings. The van der Waals surface area contributed by atoms with Crippen LogP contribution in [-0.4, -0.2) is 14.7 Å². The van der Waals surface area contributed by atoms with Crippen LogP contribution in [0.4, 0.5) is 11.5 Å². The van der Waals surface area contributed by atoms with Crippen molar-refractivity contribution in [2.75, 3.05) is 5.73 Å². The van der Waals surface area contributed by atoms with Gasteiger partial charge in [0.25, 0.3) is 0 Å². The van der Waals surface area contributed by atoms with Crippen molar-refractivity contribution in [3.8, 4) is 0 Å². The summed E-state index contributed by atoms with van der Waals surface area (Å²) < 4.78 is 1.63. The summed E-state index contributed by atoms with van der Waals surface area (Å²) in [6.45, 7) is 2.15. The molecule has 1 aromatic heterocycles. The van der Waals surface area contributed by atoms with E-state index in [1.54, 1.807) is 4.68 Å². The molecule has 0 aliphatic heterocycles. The zero-order valence-electron chi connectivity index (χ0n) is 9.30. The first kappa shape index (κ1) is 10.9. The first-order chi connectivity index (χ1) is 7.61. The van der Waals surface area contributed by atoms with E-state index in [4.69, 9.17) is 5.73 Å². The highest BCUT2D eigenvalue weighted by molar-refractivity contribution is 5.51. The van der Waals surface area contributed by atoms with E-state index in [-0.39, 0.29) is 17.5 Å². The molecule has 6 nitrogen and oxygen atoms in total. The van der Waals surface area contributed by atoms with Gasteiger partial charge in [0.1, 0.15) is 6.20 Å². The van der Waals surface area contributed by atoms with Gasteiger partial charge in [0.15, 0.2) is 0 Å². The van der Waals surface area contributed by atoms with Gasteiger partial charge in [-0.15, -0.1) is 0 Å². The van der Waals surface area contributed by atoms with Gasteiger partial charge in [0.05, 0.1) is 11.0 Å². The van der Waals surface area contributed by atoms with Crippen molar-refractivity contribution in [2.24, 2.45) is 5.92 Å². The molecule has 6 heteroatoms. The summed E-state index contributed by atoms with van der Waals surface area (Å²) >= 11 is 0. The minimum Gasteiger partial charge on any atom is -0.378 e. The molecule has 88 valence electrons. The van der Waals surface area contributed by atoms with Gasteiger partial charge >= 0.3 is 5.69 Å². The monoisotopic (exact) mass is 224 g/mol. The van der Waals surface area contributed by atoms with Gasteiger partial charge in [-0.3, -0.25) is 10.1 Å². The van der Waals surface area contributed by atoms with Crippen molar-refractivity contribution in [1.29, 1.82) is 0 Å². The second kappa shape index (κ2) is 4.11. The van der Waals surface area contributed by atoms with Crippen LogP contribution in [0.1, 0.15) is 38.6 Å². The Bertz CT molecular complexity index is 402. The van der Waals surface area contributed by atoms with E-state index in [2.05, 4.69) is 12.0 Å². The predicted molar refractivity (Wildman–Crippen MR) is 60.0 cm³/mol. The maximum atomic E-state index is 10.7. The molecule has 1 aliphatic rings. The van der Waals surface area contributed by atoms with Gasteiger partial charge in [-0.2, -0.15) is 5.10 Å². The molecule has 1 saturated carbocycles. The third-order valence-corrected chi connectivity index (χ3v) is 3.39. The van der Waals surface area contributed by atoms with Gasteiger partial charge in [-0.1, -0.05) is 19.8 Å². The van der Waals surface area contributed by atoms with Gasteiger partial charge < -0.3 is 5.73 Å². The second-order valence-electron chi connectivity index (χ2n) is 4.45. The van der Waals surface area contributed by atoms with Crippen LogP contribution in [0.2, 0.25) is 0 Å². The number of hydrogen-bond acceptors (Lipinski definition) is 4. The third-order valence-electron chi connectivity index (χ3n) is 3.39. The standard InChI is InChI=1S/C10H16N4O2/c1-7-4-2-3-5-8(7)13-10(11)9(6-12-13)14(15)16/h6-8H,2-5,11H2,1H3. The molecule has 1 aliphatic carbocycles. The lowest BCUT2D eigenvalue weighted by atomic mass is 9.86. The van der Waals surface area contributed by atoms with Crippen molar-refractivity contribution >= 4 is 11.5 Å². The highest BCUT2D eigenvalue weighted by Crippen LogP contribution is 2.36. The zero-order valence-corrected chi connectivity index (χ0v) is 9.30. The number of nitrogen functional groups attached to an aromatic ring is 1. The van der Waals surface area contributed by atoms with Crippen LogP contribution in [0, 0.1) is 16.0 Å². The highest BCUT2D eigenvalue weighted by atomic mass is 16.6. The van der Waals surface area contributed by atoms with E-state index in [0.29, 0.717) is 5.92 Å². The molecule has 2 rings (SSSR count). The molecule has 16 heavy (non-hydrogen) atoms. The van der Waals surface area contributed by atoms with Crippen molar-refractivity contribution in [1.82, 2.24) is 9.78 Å². The summed E-state index contributed by atoms with van der Waals surface area (Å²) in [7, 11) is 0. The Morgan fingerprint density at radius 3 is 2.81 bits per heavy atom. The van der Waals surface area contributed by atoms with Gasteiger partial charge in [-0.25, -0.2) is 4.68 Å². The summed E-state index contributed by atoms with van der Waals surface area (Å²) in [5.74, 6) is 0.666. The van der Waals surface area contributed by atoms with Crippen LogP contribution in [0.3, 0.4) is 0 Å². The lowest BCUT2D eigenvalue weighted by molar-refractivity contribution is -0.384. The van der Waals surface area contributed by atoms with Crippen LogP contribution in [0.25, 0.3) is 0 Å². The first-order valence-corrected chi connectivity index (χ1v) is 5.58. The maximum absolute atomic E-state index is 10.7. The van der Waals surface area contributed by atoms with Crippen molar-refractivity contribution in [3.63, 3.8) is 0 Å². The van der Waals surface area contributed by atoms with E-state index in [1.165, 1.54) is 12.6 Å². The molecule has 1 heterocycles. The number of hydrogen-bond donors (Lipinski definition) is 1. The number of nitrogens with zero attached hydrogens (tertiary/aromatic N) is 3. The van der Waals surface area contributed by atoms with Gasteiger partial charge in [0.2, 0.25) is 5.82 Å². The van der Waals surface area contributed by atoms with E-state index in [0.717, 1.165) is 19.3 Å². The smallest absolute Gasteiger partial charge is 0.330 e. The lowest BCUT2D eigenvalue weighted by Crippen LogP contribution is -2.23. The van der Waals surface area contributed by atoms with Crippen LogP contribution in [0.15, 0.2) is 6.20 Å².